The van der Waals surface area contributed by atoms with E-state index in [1.807, 2.05) is 0 Å². The molecule has 2 amide bonds. The Kier molecular flexibility index (Phi) is 7.34. The first-order valence-electron chi connectivity index (χ1n) is 10.4. The molecule has 0 aliphatic carbocycles. The molecule has 2 unspecified atom stereocenters. The van der Waals surface area contributed by atoms with Crippen LogP contribution in [-0.2, 0) is 23.4 Å². The molecule has 2 heterocycles. The van der Waals surface area contributed by atoms with Gasteiger partial charge in [0.2, 0.25) is 0 Å². The predicted octanol–water partition coefficient (Wildman–Crippen LogP) is 3.69. The van der Waals surface area contributed by atoms with Crippen molar-refractivity contribution >= 4 is 38.2 Å². The average molecular weight is 477 g/mol. The van der Waals surface area contributed by atoms with Crippen molar-refractivity contribution in [1.29, 1.82) is 0 Å². The molecule has 1 N–H and O–H groups in total. The second-order valence-corrected chi connectivity index (χ2v) is 16.5. The lowest BCUT2D eigenvalue weighted by Crippen LogP contribution is -2.60. The highest BCUT2D eigenvalue weighted by molar-refractivity contribution is 8.00. The third kappa shape index (κ3) is 5.86. The average Bonchev–Trinajstić information content (AvgIpc) is 3.09. The van der Waals surface area contributed by atoms with Gasteiger partial charge in [-0.2, -0.15) is 0 Å². The Bertz CT molecular complexity index is 719. The third-order valence-electron chi connectivity index (χ3n) is 5.84. The van der Waals surface area contributed by atoms with Gasteiger partial charge in [-0.05, 0) is 38.9 Å². The lowest BCUT2D eigenvalue weighted by molar-refractivity contribution is -0.142. The molecule has 3 atom stereocenters. The van der Waals surface area contributed by atoms with Crippen molar-refractivity contribution in [3.05, 3.63) is 0 Å². The molecule has 2 aliphatic heterocycles. The molecule has 0 bridgehead atoms. The SMILES string of the molecule is COC(=O)O[C@@H]1CSC2CC(CO[Si](C)(C)C(C)(C)C)(NC(=O)OC(C)(C)C)C(=O)N21. The lowest BCUT2D eigenvalue weighted by Gasteiger charge is -2.39. The summed E-state index contributed by atoms with van der Waals surface area (Å²) in [4.78, 5) is 39.4. The number of fused-ring (bicyclic) bond motifs is 1. The molecule has 0 spiro atoms. The summed E-state index contributed by atoms with van der Waals surface area (Å²) >= 11 is 1.49. The van der Waals surface area contributed by atoms with E-state index in [4.69, 9.17) is 13.9 Å². The Hall–Kier alpha value is -1.46. The molecule has 9 nitrogen and oxygen atoms in total. The normalized spacial score (nSPS) is 26.5. The van der Waals surface area contributed by atoms with Gasteiger partial charge in [-0.3, -0.25) is 9.69 Å². The van der Waals surface area contributed by atoms with Gasteiger partial charge >= 0.3 is 12.2 Å². The Morgan fingerprint density at radius 1 is 1.23 bits per heavy atom. The zero-order valence-electron chi connectivity index (χ0n) is 20.0. The van der Waals surface area contributed by atoms with Crippen LogP contribution in [0.25, 0.3) is 0 Å². The Morgan fingerprint density at radius 3 is 2.35 bits per heavy atom. The van der Waals surface area contributed by atoms with Gasteiger partial charge in [-0.1, -0.05) is 20.8 Å². The molecule has 0 aromatic rings. The van der Waals surface area contributed by atoms with Crippen LogP contribution in [0, 0.1) is 0 Å². The number of hydrogen-bond donors (Lipinski definition) is 1. The summed E-state index contributed by atoms with van der Waals surface area (Å²) in [6.45, 7) is 15.8. The van der Waals surface area contributed by atoms with Crippen molar-refractivity contribution in [2.45, 2.75) is 88.8 Å². The molecule has 2 saturated heterocycles. The number of nitrogens with one attached hydrogen (secondary N) is 1. The Labute approximate surface area is 190 Å². The number of ether oxygens (including phenoxy) is 3. The van der Waals surface area contributed by atoms with Gasteiger partial charge in [0.25, 0.3) is 5.91 Å². The molecule has 2 aliphatic rings. The van der Waals surface area contributed by atoms with Crippen LogP contribution in [0.3, 0.4) is 0 Å². The molecule has 31 heavy (non-hydrogen) atoms. The topological polar surface area (TPSA) is 103 Å². The molecular formula is C20H36N2O7SSi. The number of hydrogen-bond acceptors (Lipinski definition) is 8. The van der Waals surface area contributed by atoms with E-state index >= 15 is 0 Å². The molecule has 178 valence electrons. The smallest absolute Gasteiger partial charge is 0.444 e. The lowest BCUT2D eigenvalue weighted by atomic mass is 9.99. The van der Waals surface area contributed by atoms with Crippen molar-refractivity contribution in [3.63, 3.8) is 0 Å². The fourth-order valence-electron chi connectivity index (χ4n) is 3.12. The van der Waals surface area contributed by atoms with Gasteiger partial charge in [0.05, 0.1) is 24.8 Å². The van der Waals surface area contributed by atoms with Gasteiger partial charge in [-0.15, -0.1) is 11.8 Å². The summed E-state index contributed by atoms with van der Waals surface area (Å²) in [5.41, 5.74) is -2.01. The van der Waals surface area contributed by atoms with Crippen LogP contribution in [0.4, 0.5) is 9.59 Å². The molecule has 0 aromatic carbocycles. The van der Waals surface area contributed by atoms with Crippen LogP contribution in [0.5, 0.6) is 0 Å². The van der Waals surface area contributed by atoms with Crippen molar-refractivity contribution in [3.8, 4) is 0 Å². The van der Waals surface area contributed by atoms with Crippen LogP contribution in [-0.4, -0.2) is 73.6 Å². The highest BCUT2D eigenvalue weighted by Gasteiger charge is 2.59. The molecule has 0 radical (unpaired) electrons. The molecule has 0 saturated carbocycles. The van der Waals surface area contributed by atoms with Crippen molar-refractivity contribution in [1.82, 2.24) is 10.2 Å². The number of nitrogens with zero attached hydrogens (tertiary/aromatic N) is 1. The van der Waals surface area contributed by atoms with Gasteiger partial charge < -0.3 is 24.0 Å². The number of carbonyl (C=O) groups excluding carboxylic acids is 3. The monoisotopic (exact) mass is 476 g/mol. The third-order valence-corrected chi connectivity index (χ3v) is 11.6. The molecule has 2 rings (SSSR count). The number of rotatable bonds is 5. The number of thioether (sulfide) groups is 1. The summed E-state index contributed by atoms with van der Waals surface area (Å²) in [7, 11) is -0.990. The summed E-state index contributed by atoms with van der Waals surface area (Å²) in [6, 6.07) is 0. The van der Waals surface area contributed by atoms with E-state index in [-0.39, 0.29) is 22.9 Å². The first-order valence-corrected chi connectivity index (χ1v) is 14.3. The van der Waals surface area contributed by atoms with Crippen molar-refractivity contribution < 1.29 is 33.0 Å². The van der Waals surface area contributed by atoms with E-state index in [1.165, 1.54) is 23.8 Å². The maximum Gasteiger partial charge on any atom is 0.509 e. The quantitative estimate of drug-likeness (QED) is 0.473. The molecular weight excluding hydrogens is 440 g/mol. The number of methoxy groups -OCH3 is 1. The number of amides is 2. The van der Waals surface area contributed by atoms with Crippen molar-refractivity contribution in [2.24, 2.45) is 0 Å². The highest BCUT2D eigenvalue weighted by Crippen LogP contribution is 2.44. The fraction of sp³-hybridized carbons (Fsp3) is 0.850. The van der Waals surface area contributed by atoms with E-state index in [2.05, 4.69) is 43.9 Å². The number of carbonyl (C=O) groups is 3. The van der Waals surface area contributed by atoms with Gasteiger partial charge in [0, 0.05) is 6.42 Å². The van der Waals surface area contributed by atoms with Gasteiger partial charge in [0.1, 0.15) is 11.1 Å². The minimum Gasteiger partial charge on any atom is -0.444 e. The maximum atomic E-state index is 13.6. The van der Waals surface area contributed by atoms with E-state index in [1.54, 1.807) is 20.8 Å². The van der Waals surface area contributed by atoms with E-state index in [0.717, 1.165) is 0 Å². The van der Waals surface area contributed by atoms with E-state index in [0.29, 0.717) is 12.2 Å². The molecule has 0 aromatic heterocycles. The summed E-state index contributed by atoms with van der Waals surface area (Å²) in [5.74, 6) is 0.0953. The summed E-state index contributed by atoms with van der Waals surface area (Å²) < 4.78 is 21.6. The second kappa shape index (κ2) is 8.82. The number of alkyl carbamates (subject to hydrolysis) is 1. The van der Waals surface area contributed by atoms with Crippen LogP contribution in [0.15, 0.2) is 0 Å². The van der Waals surface area contributed by atoms with E-state index in [9.17, 15) is 14.4 Å². The van der Waals surface area contributed by atoms with Gasteiger partial charge in [-0.25, -0.2) is 9.59 Å². The summed E-state index contributed by atoms with van der Waals surface area (Å²) in [5, 5.41) is 2.48. The zero-order chi connectivity index (χ0) is 23.8. The minimum absolute atomic E-state index is 0.0278. The van der Waals surface area contributed by atoms with Crippen LogP contribution < -0.4 is 5.32 Å². The Balaban J connectivity index is 2.29. The first-order chi connectivity index (χ1) is 14.0. The summed E-state index contributed by atoms with van der Waals surface area (Å²) in [6.07, 6.45) is -1.97. The van der Waals surface area contributed by atoms with Crippen LogP contribution in [0.2, 0.25) is 18.1 Å². The first kappa shape index (κ1) is 25.8. The molecule has 2 fully saturated rings. The second-order valence-electron chi connectivity index (χ2n) is 10.5. The standard InChI is InChI=1S/C20H36N2O7SSi/c1-18(2,3)29-16(24)21-20(12-27-31(8,9)19(4,5)6)10-14-22(15(20)23)13(11-30-14)28-17(25)26-7/h13-14H,10-12H2,1-9H3,(H,21,24)/t13-,14?,20?/m1/s1. The van der Waals surface area contributed by atoms with E-state index < -0.39 is 37.9 Å². The largest absolute Gasteiger partial charge is 0.509 e. The Morgan fingerprint density at radius 2 is 1.84 bits per heavy atom. The zero-order valence-corrected chi connectivity index (χ0v) is 21.8. The maximum absolute atomic E-state index is 13.6. The molecule has 11 heteroatoms. The van der Waals surface area contributed by atoms with Gasteiger partial charge in [0.15, 0.2) is 14.5 Å². The minimum atomic E-state index is -2.21. The predicted molar refractivity (Wildman–Crippen MR) is 120 cm³/mol. The van der Waals surface area contributed by atoms with Crippen molar-refractivity contribution in [2.75, 3.05) is 19.5 Å². The fourth-order valence-corrected chi connectivity index (χ4v) is 5.57. The highest BCUT2D eigenvalue weighted by atomic mass is 32.2. The van der Waals surface area contributed by atoms with Crippen LogP contribution >= 0.6 is 11.8 Å². The van der Waals surface area contributed by atoms with Crippen LogP contribution in [0.1, 0.15) is 48.0 Å².